The molecule has 0 spiro atoms. The van der Waals surface area contributed by atoms with Crippen molar-refractivity contribution in [3.8, 4) is 0 Å². The summed E-state index contributed by atoms with van der Waals surface area (Å²) in [5, 5.41) is 1.68. The first-order valence-electron chi connectivity index (χ1n) is 8.50. The van der Waals surface area contributed by atoms with Crippen LogP contribution in [-0.4, -0.2) is 47.7 Å². The largest absolute Gasteiger partial charge is 0.381 e. The van der Waals surface area contributed by atoms with E-state index in [1.165, 1.54) is 31.5 Å². The fraction of sp³-hybridized carbons (Fsp3) is 0.556. The Hall–Kier alpha value is -1.23. The third-order valence-electron chi connectivity index (χ3n) is 5.08. The molecular weight excluding hydrogens is 310 g/mol. The van der Waals surface area contributed by atoms with E-state index < -0.39 is 0 Å². The van der Waals surface area contributed by atoms with Gasteiger partial charge in [-0.3, -0.25) is 0 Å². The van der Waals surface area contributed by atoms with Crippen LogP contribution in [0.2, 0.25) is 5.02 Å². The number of ether oxygens (including phenoxy) is 1. The molecule has 2 aliphatic rings. The lowest BCUT2D eigenvalue weighted by Gasteiger charge is -2.33. The summed E-state index contributed by atoms with van der Waals surface area (Å²) < 4.78 is 5.49. The molecule has 0 N–H and O–H groups in total. The van der Waals surface area contributed by atoms with Gasteiger partial charge < -0.3 is 9.64 Å². The normalized spacial score (nSPS) is 23.6. The number of fused-ring (bicyclic) bond motifs is 1. The van der Waals surface area contributed by atoms with E-state index >= 15 is 0 Å². The van der Waals surface area contributed by atoms with Gasteiger partial charge >= 0.3 is 0 Å². The van der Waals surface area contributed by atoms with E-state index in [4.69, 9.17) is 21.3 Å². The fourth-order valence-corrected chi connectivity index (χ4v) is 3.90. The fourth-order valence-electron chi connectivity index (χ4n) is 3.73. The summed E-state index contributed by atoms with van der Waals surface area (Å²) in [5.41, 5.74) is 1.98. The summed E-state index contributed by atoms with van der Waals surface area (Å²) >= 11 is 5.99. The maximum atomic E-state index is 5.99. The van der Waals surface area contributed by atoms with Crippen molar-refractivity contribution in [1.29, 1.82) is 0 Å². The van der Waals surface area contributed by atoms with E-state index in [1.807, 2.05) is 6.07 Å². The molecule has 122 valence electrons. The summed E-state index contributed by atoms with van der Waals surface area (Å²) in [6.45, 7) is 5.40. The second kappa shape index (κ2) is 6.71. The molecule has 1 atom stereocenters. The van der Waals surface area contributed by atoms with Gasteiger partial charge in [0.05, 0.1) is 11.6 Å². The summed E-state index contributed by atoms with van der Waals surface area (Å²) in [6.07, 6.45) is 5.26. The standard InChI is InChI=1S/C18H22ClN3O/c19-16-9-15-1-2-17(21-18(15)20-10-16)14-3-6-22(7-4-14)11-13-5-8-23-12-13/h1-2,9-10,13-14H,3-8,11-12H2. The average Bonchev–Trinajstić information content (AvgIpc) is 3.08. The topological polar surface area (TPSA) is 38.2 Å². The summed E-state index contributed by atoms with van der Waals surface area (Å²) in [6, 6.07) is 6.16. The van der Waals surface area contributed by atoms with Crippen molar-refractivity contribution >= 4 is 22.6 Å². The number of pyridine rings is 2. The van der Waals surface area contributed by atoms with Crippen LogP contribution in [0.15, 0.2) is 24.4 Å². The van der Waals surface area contributed by atoms with E-state index in [-0.39, 0.29) is 0 Å². The number of rotatable bonds is 3. The predicted octanol–water partition coefficient (Wildman–Crippen LogP) is 3.50. The highest BCUT2D eigenvalue weighted by atomic mass is 35.5. The molecule has 2 fully saturated rings. The predicted molar refractivity (Wildman–Crippen MR) is 91.9 cm³/mol. The molecule has 23 heavy (non-hydrogen) atoms. The number of hydrogen-bond acceptors (Lipinski definition) is 4. The molecule has 2 aliphatic heterocycles. The van der Waals surface area contributed by atoms with Crippen molar-refractivity contribution in [2.24, 2.45) is 5.92 Å². The van der Waals surface area contributed by atoms with Gasteiger partial charge in [-0.05, 0) is 56.5 Å². The van der Waals surface area contributed by atoms with E-state index in [0.29, 0.717) is 10.9 Å². The molecule has 4 heterocycles. The maximum Gasteiger partial charge on any atom is 0.159 e. The molecule has 0 amide bonds. The summed E-state index contributed by atoms with van der Waals surface area (Å²) in [5.74, 6) is 1.28. The van der Waals surface area contributed by atoms with Gasteiger partial charge in [-0.2, -0.15) is 0 Å². The third kappa shape index (κ3) is 3.49. The smallest absolute Gasteiger partial charge is 0.159 e. The molecule has 0 aliphatic carbocycles. The molecule has 4 rings (SSSR count). The molecule has 0 bridgehead atoms. The van der Waals surface area contributed by atoms with Gasteiger partial charge in [-0.25, -0.2) is 9.97 Å². The van der Waals surface area contributed by atoms with E-state index in [9.17, 15) is 0 Å². The van der Waals surface area contributed by atoms with Crippen LogP contribution < -0.4 is 0 Å². The number of likely N-dealkylation sites (tertiary alicyclic amines) is 1. The lowest BCUT2D eigenvalue weighted by molar-refractivity contribution is 0.151. The Morgan fingerprint density at radius 1 is 1.22 bits per heavy atom. The van der Waals surface area contributed by atoms with E-state index in [0.717, 1.165) is 43.3 Å². The summed E-state index contributed by atoms with van der Waals surface area (Å²) in [4.78, 5) is 11.7. The zero-order valence-electron chi connectivity index (χ0n) is 13.2. The van der Waals surface area contributed by atoms with Crippen molar-refractivity contribution in [3.63, 3.8) is 0 Å². The first kappa shape index (κ1) is 15.3. The monoisotopic (exact) mass is 331 g/mol. The SMILES string of the molecule is Clc1cnc2nc(C3CCN(CC4CCOC4)CC3)ccc2c1. The highest BCUT2D eigenvalue weighted by molar-refractivity contribution is 6.31. The Labute approximate surface area is 141 Å². The van der Waals surface area contributed by atoms with Crippen LogP contribution in [-0.2, 0) is 4.74 Å². The molecule has 0 aromatic carbocycles. The second-order valence-corrected chi connectivity index (χ2v) is 7.18. The molecule has 5 heteroatoms. The number of hydrogen-bond donors (Lipinski definition) is 0. The highest BCUT2D eigenvalue weighted by Gasteiger charge is 2.25. The van der Waals surface area contributed by atoms with Gasteiger partial charge in [0.2, 0.25) is 0 Å². The Bertz CT molecular complexity index is 679. The van der Waals surface area contributed by atoms with Crippen LogP contribution in [0.3, 0.4) is 0 Å². The van der Waals surface area contributed by atoms with Crippen LogP contribution in [0.1, 0.15) is 30.9 Å². The molecule has 2 aromatic rings. The van der Waals surface area contributed by atoms with Crippen LogP contribution >= 0.6 is 11.6 Å². The van der Waals surface area contributed by atoms with Crippen molar-refractivity contribution in [3.05, 3.63) is 35.1 Å². The molecule has 2 saturated heterocycles. The molecule has 2 aromatic heterocycles. The van der Waals surface area contributed by atoms with Crippen molar-refractivity contribution < 1.29 is 4.74 Å². The quantitative estimate of drug-likeness (QED) is 0.862. The van der Waals surface area contributed by atoms with Gasteiger partial charge in [0.25, 0.3) is 0 Å². The zero-order chi connectivity index (χ0) is 15.6. The van der Waals surface area contributed by atoms with E-state index in [2.05, 4.69) is 22.0 Å². The third-order valence-corrected chi connectivity index (χ3v) is 5.28. The van der Waals surface area contributed by atoms with Gasteiger partial charge in [0.1, 0.15) is 0 Å². The molecule has 0 saturated carbocycles. The van der Waals surface area contributed by atoms with Crippen molar-refractivity contribution in [1.82, 2.24) is 14.9 Å². The Balaban J connectivity index is 1.40. The van der Waals surface area contributed by atoms with E-state index in [1.54, 1.807) is 6.20 Å². The van der Waals surface area contributed by atoms with Crippen LogP contribution in [0, 0.1) is 5.92 Å². The number of nitrogens with zero attached hydrogens (tertiary/aromatic N) is 3. The van der Waals surface area contributed by atoms with Crippen LogP contribution in [0.4, 0.5) is 0 Å². The maximum absolute atomic E-state index is 5.99. The first-order chi connectivity index (χ1) is 11.3. The van der Waals surface area contributed by atoms with Gasteiger partial charge in [0, 0.05) is 36.3 Å². The van der Waals surface area contributed by atoms with Crippen molar-refractivity contribution in [2.45, 2.75) is 25.2 Å². The minimum atomic E-state index is 0.549. The first-order valence-corrected chi connectivity index (χ1v) is 8.88. The average molecular weight is 332 g/mol. The molecular formula is C18H22ClN3O. The Kier molecular flexibility index (Phi) is 4.47. The minimum absolute atomic E-state index is 0.549. The molecule has 0 radical (unpaired) electrons. The minimum Gasteiger partial charge on any atom is -0.381 e. The lowest BCUT2D eigenvalue weighted by Crippen LogP contribution is -2.36. The van der Waals surface area contributed by atoms with Crippen LogP contribution in [0.5, 0.6) is 0 Å². The van der Waals surface area contributed by atoms with Crippen molar-refractivity contribution in [2.75, 3.05) is 32.8 Å². The van der Waals surface area contributed by atoms with Gasteiger partial charge in [-0.1, -0.05) is 11.6 Å². The summed E-state index contributed by atoms with van der Waals surface area (Å²) in [7, 11) is 0. The number of piperidine rings is 1. The number of halogens is 1. The van der Waals surface area contributed by atoms with Gasteiger partial charge in [-0.15, -0.1) is 0 Å². The second-order valence-electron chi connectivity index (χ2n) is 6.74. The lowest BCUT2D eigenvalue weighted by atomic mass is 9.92. The Morgan fingerprint density at radius 2 is 2.09 bits per heavy atom. The zero-order valence-corrected chi connectivity index (χ0v) is 14.0. The Morgan fingerprint density at radius 3 is 2.87 bits per heavy atom. The van der Waals surface area contributed by atoms with Gasteiger partial charge in [0.15, 0.2) is 5.65 Å². The molecule has 1 unspecified atom stereocenters. The molecule has 4 nitrogen and oxygen atoms in total. The highest BCUT2D eigenvalue weighted by Crippen LogP contribution is 2.29. The number of aromatic nitrogens is 2. The van der Waals surface area contributed by atoms with Crippen LogP contribution in [0.25, 0.3) is 11.0 Å².